The van der Waals surface area contributed by atoms with Gasteiger partial charge in [-0.25, -0.2) is 13.1 Å². The summed E-state index contributed by atoms with van der Waals surface area (Å²) < 4.78 is 32.6. The molecule has 1 fully saturated rings. The molecule has 1 unspecified atom stereocenters. The molecular weight excluding hydrogens is 411 g/mol. The first-order valence-electron chi connectivity index (χ1n) is 8.33. The number of nitrogens with one attached hydrogen (secondary N) is 2. The molecule has 144 valence electrons. The van der Waals surface area contributed by atoms with Crippen LogP contribution < -0.4 is 10.0 Å². The molecule has 2 N–H and O–H groups in total. The highest BCUT2D eigenvalue weighted by Crippen LogP contribution is 2.29. The Balaban J connectivity index is 1.66. The van der Waals surface area contributed by atoms with Crippen LogP contribution in [-0.4, -0.2) is 33.6 Å². The second-order valence-corrected chi connectivity index (χ2v) is 8.62. The van der Waals surface area contributed by atoms with E-state index in [0.717, 1.165) is 12.8 Å². The predicted molar refractivity (Wildman–Crippen MR) is 105 cm³/mol. The Kier molecular flexibility index (Phi) is 6.39. The normalized spacial score (nSPS) is 17.0. The monoisotopic (exact) mass is 428 g/mol. The third-order valence-corrected chi connectivity index (χ3v) is 6.41. The van der Waals surface area contributed by atoms with Crippen molar-refractivity contribution in [3.63, 3.8) is 0 Å². The molecule has 2 aromatic rings. The highest BCUT2D eigenvalue weighted by atomic mass is 35.5. The van der Waals surface area contributed by atoms with Gasteiger partial charge in [0.1, 0.15) is 0 Å². The van der Waals surface area contributed by atoms with Crippen LogP contribution in [0.1, 0.15) is 23.2 Å². The first-order chi connectivity index (χ1) is 12.9. The molecule has 1 saturated heterocycles. The Hall–Kier alpha value is -1.64. The molecule has 1 heterocycles. The van der Waals surface area contributed by atoms with Crippen LogP contribution in [0.25, 0.3) is 0 Å². The lowest BCUT2D eigenvalue weighted by Crippen LogP contribution is -2.31. The number of sulfonamides is 1. The van der Waals surface area contributed by atoms with Crippen LogP contribution in [0, 0.1) is 0 Å². The van der Waals surface area contributed by atoms with Gasteiger partial charge in [0.05, 0.1) is 26.7 Å². The van der Waals surface area contributed by atoms with Gasteiger partial charge in [-0.1, -0.05) is 29.3 Å². The van der Waals surface area contributed by atoms with E-state index in [1.54, 1.807) is 18.2 Å². The van der Waals surface area contributed by atoms with Crippen molar-refractivity contribution in [3.8, 4) is 0 Å². The van der Waals surface area contributed by atoms with Crippen LogP contribution in [0.4, 0.5) is 5.69 Å². The molecular formula is C18H18Cl2N2O4S. The molecule has 0 aromatic heterocycles. The summed E-state index contributed by atoms with van der Waals surface area (Å²) in [7, 11) is -3.66. The number of rotatable bonds is 6. The highest BCUT2D eigenvalue weighted by molar-refractivity contribution is 7.89. The smallest absolute Gasteiger partial charge is 0.255 e. The fourth-order valence-electron chi connectivity index (χ4n) is 2.67. The van der Waals surface area contributed by atoms with Crippen LogP contribution >= 0.6 is 23.2 Å². The van der Waals surface area contributed by atoms with E-state index in [0.29, 0.717) is 22.9 Å². The summed E-state index contributed by atoms with van der Waals surface area (Å²) in [4.78, 5) is 12.4. The second kappa shape index (κ2) is 8.58. The number of hydrogen-bond donors (Lipinski definition) is 2. The summed E-state index contributed by atoms with van der Waals surface area (Å²) in [6.45, 7) is 0.894. The predicted octanol–water partition coefficient (Wildman–Crippen LogP) is 3.70. The SMILES string of the molecule is O=C(Nc1cccc(Cl)c1Cl)c1ccc(S(=O)(=O)NCC2CCCO2)cc1. The van der Waals surface area contributed by atoms with Gasteiger partial charge in [0.2, 0.25) is 10.0 Å². The van der Waals surface area contributed by atoms with Crippen molar-refractivity contribution >= 4 is 44.8 Å². The Labute approximate surface area is 167 Å². The summed E-state index contributed by atoms with van der Waals surface area (Å²) in [5.41, 5.74) is 0.674. The molecule has 0 saturated carbocycles. The zero-order valence-electron chi connectivity index (χ0n) is 14.2. The molecule has 0 radical (unpaired) electrons. The van der Waals surface area contributed by atoms with Gasteiger partial charge in [-0.05, 0) is 49.2 Å². The standard InChI is InChI=1S/C18H18Cl2N2O4S/c19-15-4-1-5-16(17(15)20)22-18(23)12-6-8-14(9-7-12)27(24,25)21-11-13-3-2-10-26-13/h1,4-9,13,21H,2-3,10-11H2,(H,22,23). The Bertz CT molecular complexity index is 927. The van der Waals surface area contributed by atoms with Crippen molar-refractivity contribution in [2.45, 2.75) is 23.8 Å². The van der Waals surface area contributed by atoms with Crippen LogP contribution in [0.3, 0.4) is 0 Å². The maximum Gasteiger partial charge on any atom is 0.255 e. The Morgan fingerprint density at radius 2 is 1.89 bits per heavy atom. The summed E-state index contributed by atoms with van der Waals surface area (Å²) in [5, 5.41) is 3.22. The van der Waals surface area contributed by atoms with Crippen LogP contribution in [0.15, 0.2) is 47.4 Å². The molecule has 1 atom stereocenters. The number of amides is 1. The second-order valence-electron chi connectivity index (χ2n) is 6.07. The topological polar surface area (TPSA) is 84.5 Å². The van der Waals surface area contributed by atoms with E-state index in [1.165, 1.54) is 24.3 Å². The first-order valence-corrected chi connectivity index (χ1v) is 10.6. The fraction of sp³-hybridized carbons (Fsp3) is 0.278. The molecule has 1 aliphatic rings. The maximum absolute atomic E-state index is 12.3. The van der Waals surface area contributed by atoms with Gasteiger partial charge in [0.15, 0.2) is 0 Å². The van der Waals surface area contributed by atoms with Crippen molar-refractivity contribution in [1.82, 2.24) is 4.72 Å². The van der Waals surface area contributed by atoms with E-state index in [-0.39, 0.29) is 22.6 Å². The molecule has 0 bridgehead atoms. The average Bonchev–Trinajstić information content (AvgIpc) is 3.18. The molecule has 1 aliphatic heterocycles. The van der Waals surface area contributed by atoms with E-state index >= 15 is 0 Å². The fourth-order valence-corrected chi connectivity index (χ4v) is 4.09. The lowest BCUT2D eigenvalue weighted by Gasteiger charge is -2.12. The van der Waals surface area contributed by atoms with Crippen LogP contribution in [0.2, 0.25) is 10.0 Å². The summed E-state index contributed by atoms with van der Waals surface area (Å²) >= 11 is 12.0. The quantitative estimate of drug-likeness (QED) is 0.734. The lowest BCUT2D eigenvalue weighted by atomic mass is 10.2. The van der Waals surface area contributed by atoms with Gasteiger partial charge >= 0.3 is 0 Å². The van der Waals surface area contributed by atoms with Crippen molar-refractivity contribution in [2.75, 3.05) is 18.5 Å². The number of hydrogen-bond acceptors (Lipinski definition) is 4. The van der Waals surface area contributed by atoms with Crippen LogP contribution in [0.5, 0.6) is 0 Å². The van der Waals surface area contributed by atoms with Crippen molar-refractivity contribution < 1.29 is 17.9 Å². The van der Waals surface area contributed by atoms with E-state index in [1.807, 2.05) is 0 Å². The third kappa shape index (κ3) is 5.00. The van der Waals surface area contributed by atoms with Crippen molar-refractivity contribution in [2.24, 2.45) is 0 Å². The minimum Gasteiger partial charge on any atom is -0.377 e. The largest absolute Gasteiger partial charge is 0.377 e. The van der Waals surface area contributed by atoms with Gasteiger partial charge in [0, 0.05) is 18.7 Å². The third-order valence-electron chi connectivity index (χ3n) is 4.15. The Morgan fingerprint density at radius 3 is 2.56 bits per heavy atom. The number of carbonyl (C=O) groups is 1. The average molecular weight is 429 g/mol. The molecule has 3 rings (SSSR count). The number of benzene rings is 2. The number of anilines is 1. The van der Waals surface area contributed by atoms with Crippen molar-refractivity contribution in [3.05, 3.63) is 58.1 Å². The summed E-state index contributed by atoms with van der Waals surface area (Å²) in [5.74, 6) is -0.421. The van der Waals surface area contributed by atoms with E-state index in [4.69, 9.17) is 27.9 Å². The van der Waals surface area contributed by atoms with E-state index in [9.17, 15) is 13.2 Å². The molecule has 9 heteroatoms. The molecule has 0 aliphatic carbocycles. The zero-order chi connectivity index (χ0) is 19.4. The van der Waals surface area contributed by atoms with E-state index in [2.05, 4.69) is 10.0 Å². The van der Waals surface area contributed by atoms with Gasteiger partial charge in [0.25, 0.3) is 5.91 Å². The lowest BCUT2D eigenvalue weighted by molar-refractivity contribution is 0.102. The van der Waals surface area contributed by atoms with Crippen molar-refractivity contribution in [1.29, 1.82) is 0 Å². The zero-order valence-corrected chi connectivity index (χ0v) is 16.6. The summed E-state index contributed by atoms with van der Waals surface area (Å²) in [6.07, 6.45) is 1.69. The Morgan fingerprint density at radius 1 is 1.15 bits per heavy atom. The minimum atomic E-state index is -3.66. The van der Waals surface area contributed by atoms with Gasteiger partial charge in [-0.2, -0.15) is 0 Å². The van der Waals surface area contributed by atoms with Gasteiger partial charge in [-0.3, -0.25) is 4.79 Å². The number of halogens is 2. The molecule has 2 aromatic carbocycles. The van der Waals surface area contributed by atoms with E-state index < -0.39 is 15.9 Å². The molecule has 27 heavy (non-hydrogen) atoms. The van der Waals surface area contributed by atoms with Crippen LogP contribution in [-0.2, 0) is 14.8 Å². The number of carbonyl (C=O) groups excluding carboxylic acids is 1. The minimum absolute atomic E-state index is 0.0813. The highest BCUT2D eigenvalue weighted by Gasteiger charge is 2.20. The maximum atomic E-state index is 12.3. The van der Waals surface area contributed by atoms with Gasteiger partial charge in [-0.15, -0.1) is 0 Å². The van der Waals surface area contributed by atoms with Gasteiger partial charge < -0.3 is 10.1 Å². The molecule has 0 spiro atoms. The summed E-state index contributed by atoms with van der Waals surface area (Å²) in [6, 6.07) is 10.5. The first kappa shape index (κ1) is 20.1. The number of ether oxygens (including phenoxy) is 1. The molecule has 6 nitrogen and oxygen atoms in total. The molecule has 1 amide bonds.